The number of sulfonamides is 1. The molecule has 7 heteroatoms. The SMILES string of the molecule is CCCCCCNC(=O)c1cc(S(=O)(=O)N(C)c2ccccc2OC)ccc1C. The van der Waals surface area contributed by atoms with Crippen LogP contribution in [0.2, 0.25) is 0 Å². The van der Waals surface area contributed by atoms with Gasteiger partial charge in [0, 0.05) is 19.2 Å². The van der Waals surface area contributed by atoms with Crippen LogP contribution in [0.15, 0.2) is 47.4 Å². The topological polar surface area (TPSA) is 75.7 Å². The first kappa shape index (κ1) is 22.7. The van der Waals surface area contributed by atoms with Gasteiger partial charge in [-0.15, -0.1) is 0 Å². The summed E-state index contributed by atoms with van der Waals surface area (Å²) in [7, 11) is -0.890. The number of anilines is 1. The normalized spacial score (nSPS) is 11.2. The zero-order chi connectivity index (χ0) is 21.4. The van der Waals surface area contributed by atoms with Crippen LogP contribution >= 0.6 is 0 Å². The van der Waals surface area contributed by atoms with E-state index in [2.05, 4.69) is 12.2 Å². The summed E-state index contributed by atoms with van der Waals surface area (Å²) >= 11 is 0. The van der Waals surface area contributed by atoms with Crippen molar-refractivity contribution in [2.45, 2.75) is 44.4 Å². The quantitative estimate of drug-likeness (QED) is 0.589. The number of ether oxygens (including phenoxy) is 1. The molecule has 0 aliphatic carbocycles. The first-order chi connectivity index (χ1) is 13.8. The number of amides is 1. The number of unbranched alkanes of at least 4 members (excludes halogenated alkanes) is 3. The highest BCUT2D eigenvalue weighted by Crippen LogP contribution is 2.31. The van der Waals surface area contributed by atoms with E-state index in [1.165, 1.54) is 30.6 Å². The van der Waals surface area contributed by atoms with Crippen molar-refractivity contribution in [2.75, 3.05) is 25.0 Å². The molecule has 2 rings (SSSR count). The Bertz CT molecular complexity index is 942. The van der Waals surface area contributed by atoms with Gasteiger partial charge >= 0.3 is 0 Å². The van der Waals surface area contributed by atoms with Crippen molar-refractivity contribution in [3.8, 4) is 5.75 Å². The number of nitrogens with zero attached hydrogens (tertiary/aromatic N) is 1. The highest BCUT2D eigenvalue weighted by molar-refractivity contribution is 7.92. The molecule has 0 heterocycles. The van der Waals surface area contributed by atoms with Gasteiger partial charge in [-0.2, -0.15) is 0 Å². The fourth-order valence-electron chi connectivity index (χ4n) is 3.03. The van der Waals surface area contributed by atoms with E-state index < -0.39 is 10.0 Å². The van der Waals surface area contributed by atoms with Gasteiger partial charge in [0.2, 0.25) is 0 Å². The Morgan fingerprint density at radius 1 is 1.10 bits per heavy atom. The van der Waals surface area contributed by atoms with Crippen molar-refractivity contribution < 1.29 is 17.9 Å². The maximum absolute atomic E-state index is 13.2. The summed E-state index contributed by atoms with van der Waals surface area (Å²) in [6.45, 7) is 4.51. The number of nitrogens with one attached hydrogen (secondary N) is 1. The Morgan fingerprint density at radius 3 is 2.52 bits per heavy atom. The number of carbonyl (C=O) groups excluding carboxylic acids is 1. The predicted molar refractivity (Wildman–Crippen MR) is 116 cm³/mol. The predicted octanol–water partition coefficient (Wildman–Crippen LogP) is 4.14. The molecule has 0 aromatic heterocycles. The number of rotatable bonds is 10. The second-order valence-corrected chi connectivity index (χ2v) is 8.91. The molecular weight excluding hydrogens is 388 g/mol. The maximum Gasteiger partial charge on any atom is 0.264 e. The van der Waals surface area contributed by atoms with Gasteiger partial charge < -0.3 is 10.1 Å². The number of methoxy groups -OCH3 is 1. The standard InChI is InChI=1S/C22H30N2O4S/c1-5-6-7-10-15-23-22(25)19-16-18(14-13-17(19)2)29(26,27)24(3)20-11-8-9-12-21(20)28-4/h8-9,11-14,16H,5-7,10,15H2,1-4H3,(H,23,25). The maximum atomic E-state index is 13.2. The number of hydrogen-bond donors (Lipinski definition) is 1. The highest BCUT2D eigenvalue weighted by atomic mass is 32.2. The van der Waals surface area contributed by atoms with Gasteiger partial charge in [-0.05, 0) is 43.2 Å². The van der Waals surface area contributed by atoms with Gasteiger partial charge in [0.05, 0.1) is 17.7 Å². The van der Waals surface area contributed by atoms with Crippen LogP contribution in [0.5, 0.6) is 5.75 Å². The fourth-order valence-corrected chi connectivity index (χ4v) is 4.27. The lowest BCUT2D eigenvalue weighted by atomic mass is 10.1. The van der Waals surface area contributed by atoms with Crippen LogP contribution in [0, 0.1) is 6.92 Å². The van der Waals surface area contributed by atoms with E-state index in [9.17, 15) is 13.2 Å². The average Bonchev–Trinajstić information content (AvgIpc) is 2.72. The van der Waals surface area contributed by atoms with Gasteiger partial charge in [0.25, 0.3) is 15.9 Å². The largest absolute Gasteiger partial charge is 0.495 e. The Morgan fingerprint density at radius 2 is 1.83 bits per heavy atom. The molecule has 0 saturated carbocycles. The first-order valence-corrected chi connectivity index (χ1v) is 11.3. The smallest absolute Gasteiger partial charge is 0.264 e. The zero-order valence-electron chi connectivity index (χ0n) is 17.6. The number of hydrogen-bond acceptors (Lipinski definition) is 4. The van der Waals surface area contributed by atoms with Crippen LogP contribution in [0.1, 0.15) is 48.5 Å². The molecule has 0 spiro atoms. The molecule has 6 nitrogen and oxygen atoms in total. The van der Waals surface area contributed by atoms with Gasteiger partial charge in [0.1, 0.15) is 5.75 Å². The van der Waals surface area contributed by atoms with Gasteiger partial charge in [-0.3, -0.25) is 9.10 Å². The number of carbonyl (C=O) groups is 1. The van der Waals surface area contributed by atoms with E-state index in [-0.39, 0.29) is 10.8 Å². The van der Waals surface area contributed by atoms with Crippen molar-refractivity contribution in [1.82, 2.24) is 5.32 Å². The van der Waals surface area contributed by atoms with E-state index in [4.69, 9.17) is 4.74 Å². The van der Waals surface area contributed by atoms with E-state index in [1.807, 2.05) is 0 Å². The molecule has 0 unspecified atom stereocenters. The minimum absolute atomic E-state index is 0.0626. The molecule has 0 bridgehead atoms. The third kappa shape index (κ3) is 5.50. The van der Waals surface area contributed by atoms with Crippen molar-refractivity contribution in [1.29, 1.82) is 0 Å². The second kappa shape index (κ2) is 10.3. The minimum Gasteiger partial charge on any atom is -0.495 e. The second-order valence-electron chi connectivity index (χ2n) is 6.94. The number of benzene rings is 2. The Labute approximate surface area is 173 Å². The minimum atomic E-state index is -3.86. The van der Waals surface area contributed by atoms with Gasteiger partial charge in [-0.25, -0.2) is 8.42 Å². The molecule has 0 aliphatic rings. The van der Waals surface area contributed by atoms with E-state index in [0.717, 1.165) is 31.2 Å². The Hall–Kier alpha value is -2.54. The van der Waals surface area contributed by atoms with Crippen LogP contribution < -0.4 is 14.4 Å². The summed E-state index contributed by atoms with van der Waals surface area (Å²) < 4.78 is 32.8. The molecule has 0 atom stereocenters. The summed E-state index contributed by atoms with van der Waals surface area (Å²) in [5.74, 6) is 0.201. The summed E-state index contributed by atoms with van der Waals surface area (Å²) in [5.41, 5.74) is 1.53. The Kier molecular flexibility index (Phi) is 8.08. The number of para-hydroxylation sites is 2. The Balaban J connectivity index is 2.26. The van der Waals surface area contributed by atoms with E-state index in [0.29, 0.717) is 23.5 Å². The average molecular weight is 419 g/mol. The summed E-state index contributed by atoms with van der Waals surface area (Å²) in [6, 6.07) is 11.5. The van der Waals surface area contributed by atoms with Crippen LogP contribution in [0.3, 0.4) is 0 Å². The van der Waals surface area contributed by atoms with E-state index in [1.54, 1.807) is 37.3 Å². The van der Waals surface area contributed by atoms with Crippen LogP contribution in [0.25, 0.3) is 0 Å². The number of aryl methyl sites for hydroxylation is 1. The van der Waals surface area contributed by atoms with Crippen LogP contribution in [-0.2, 0) is 10.0 Å². The molecule has 2 aromatic rings. The molecule has 0 radical (unpaired) electrons. The van der Waals surface area contributed by atoms with Crippen molar-refractivity contribution >= 4 is 21.6 Å². The zero-order valence-corrected chi connectivity index (χ0v) is 18.4. The molecule has 0 fully saturated rings. The molecule has 0 saturated heterocycles. The molecule has 158 valence electrons. The summed E-state index contributed by atoms with van der Waals surface area (Å²) in [5, 5.41) is 2.89. The van der Waals surface area contributed by atoms with Crippen LogP contribution in [0.4, 0.5) is 5.69 Å². The molecule has 0 aliphatic heterocycles. The molecule has 29 heavy (non-hydrogen) atoms. The lowest BCUT2D eigenvalue weighted by Crippen LogP contribution is -2.28. The lowest BCUT2D eigenvalue weighted by molar-refractivity contribution is 0.0952. The first-order valence-electron chi connectivity index (χ1n) is 9.83. The highest BCUT2D eigenvalue weighted by Gasteiger charge is 2.25. The molecule has 1 N–H and O–H groups in total. The van der Waals surface area contributed by atoms with Gasteiger partial charge in [0.15, 0.2) is 0 Å². The van der Waals surface area contributed by atoms with Crippen LogP contribution in [-0.4, -0.2) is 35.0 Å². The van der Waals surface area contributed by atoms with E-state index >= 15 is 0 Å². The monoisotopic (exact) mass is 418 g/mol. The van der Waals surface area contributed by atoms with Gasteiger partial charge in [-0.1, -0.05) is 44.4 Å². The third-order valence-electron chi connectivity index (χ3n) is 4.85. The molecular formula is C22H30N2O4S. The lowest BCUT2D eigenvalue weighted by Gasteiger charge is -2.22. The summed E-state index contributed by atoms with van der Waals surface area (Å²) in [4.78, 5) is 12.6. The van der Waals surface area contributed by atoms with Crippen molar-refractivity contribution in [3.63, 3.8) is 0 Å². The summed E-state index contributed by atoms with van der Waals surface area (Å²) in [6.07, 6.45) is 4.24. The van der Waals surface area contributed by atoms with Crippen molar-refractivity contribution in [2.24, 2.45) is 0 Å². The van der Waals surface area contributed by atoms with Crippen molar-refractivity contribution in [3.05, 3.63) is 53.6 Å². The fraction of sp³-hybridized carbons (Fsp3) is 0.409. The third-order valence-corrected chi connectivity index (χ3v) is 6.62. The molecule has 2 aromatic carbocycles. The molecule has 1 amide bonds.